The van der Waals surface area contributed by atoms with Gasteiger partial charge in [-0.1, -0.05) is 26.2 Å². The van der Waals surface area contributed by atoms with Crippen LogP contribution in [0.4, 0.5) is 22.0 Å². The molecule has 0 bridgehead atoms. The lowest BCUT2D eigenvalue weighted by Crippen LogP contribution is -2.14. The number of halogens is 5. The van der Waals surface area contributed by atoms with Gasteiger partial charge in [0, 0.05) is 0 Å². The van der Waals surface area contributed by atoms with Gasteiger partial charge in [0.2, 0.25) is 0 Å². The van der Waals surface area contributed by atoms with Crippen molar-refractivity contribution in [1.29, 1.82) is 0 Å². The Morgan fingerprint density at radius 2 is 1.33 bits per heavy atom. The highest BCUT2D eigenvalue weighted by molar-refractivity contribution is 5.65. The van der Waals surface area contributed by atoms with Crippen LogP contribution in [-0.2, 0) is 0 Å². The summed E-state index contributed by atoms with van der Waals surface area (Å²) in [6, 6.07) is 3.71. The van der Waals surface area contributed by atoms with Gasteiger partial charge in [-0.25, -0.2) is 22.0 Å². The standard InChI is InChI=1S/C22H23F5/c1-2-3-4-13-5-7-14(8-6-13)15-9-17(23)21(18(24)10-15)16-11-19(25)22(27)20(26)12-16/h9-14H,2-8H2,1H3. The molecule has 1 fully saturated rings. The van der Waals surface area contributed by atoms with E-state index in [2.05, 4.69) is 6.92 Å². The zero-order valence-corrected chi connectivity index (χ0v) is 15.3. The predicted octanol–water partition coefficient (Wildman–Crippen LogP) is 7.51. The first-order chi connectivity index (χ1) is 12.9. The molecule has 0 spiro atoms. The SMILES string of the molecule is CCCCC1CCC(c2cc(F)c(-c3cc(F)c(F)c(F)c3)c(F)c2)CC1. The van der Waals surface area contributed by atoms with Crippen molar-refractivity contribution in [1.82, 2.24) is 0 Å². The first-order valence-corrected chi connectivity index (χ1v) is 9.54. The van der Waals surface area contributed by atoms with E-state index in [4.69, 9.17) is 0 Å². The Morgan fingerprint density at radius 1 is 0.778 bits per heavy atom. The van der Waals surface area contributed by atoms with Gasteiger partial charge in [0.15, 0.2) is 17.5 Å². The summed E-state index contributed by atoms with van der Waals surface area (Å²) >= 11 is 0. The third kappa shape index (κ3) is 4.33. The van der Waals surface area contributed by atoms with Gasteiger partial charge >= 0.3 is 0 Å². The average Bonchev–Trinajstić information content (AvgIpc) is 2.64. The van der Waals surface area contributed by atoms with E-state index in [-0.39, 0.29) is 11.5 Å². The number of hydrogen-bond donors (Lipinski definition) is 0. The summed E-state index contributed by atoms with van der Waals surface area (Å²) in [6.45, 7) is 2.16. The molecule has 1 aliphatic carbocycles. The first-order valence-electron chi connectivity index (χ1n) is 9.54. The minimum atomic E-state index is -1.66. The summed E-state index contributed by atoms with van der Waals surface area (Å²) in [7, 11) is 0. The zero-order valence-electron chi connectivity index (χ0n) is 15.3. The van der Waals surface area contributed by atoms with E-state index < -0.39 is 34.6 Å². The van der Waals surface area contributed by atoms with Crippen LogP contribution >= 0.6 is 0 Å². The summed E-state index contributed by atoms with van der Waals surface area (Å²) in [4.78, 5) is 0. The van der Waals surface area contributed by atoms with Crippen molar-refractivity contribution < 1.29 is 22.0 Å². The van der Waals surface area contributed by atoms with E-state index in [1.54, 1.807) is 0 Å². The molecule has 27 heavy (non-hydrogen) atoms. The second kappa shape index (κ2) is 8.41. The van der Waals surface area contributed by atoms with Gasteiger partial charge < -0.3 is 0 Å². The average molecular weight is 382 g/mol. The summed E-state index contributed by atoms with van der Waals surface area (Å²) in [5.74, 6) is -5.61. The molecule has 0 N–H and O–H groups in total. The summed E-state index contributed by atoms with van der Waals surface area (Å²) < 4.78 is 69.1. The van der Waals surface area contributed by atoms with Crippen LogP contribution in [0.5, 0.6) is 0 Å². The van der Waals surface area contributed by atoms with Gasteiger partial charge in [-0.3, -0.25) is 0 Å². The van der Waals surface area contributed by atoms with Gasteiger partial charge in [0.1, 0.15) is 11.6 Å². The fourth-order valence-corrected chi connectivity index (χ4v) is 4.08. The molecule has 0 unspecified atom stereocenters. The Labute approximate surface area is 156 Å². The maximum atomic E-state index is 14.6. The highest BCUT2D eigenvalue weighted by atomic mass is 19.2. The summed E-state index contributed by atoms with van der Waals surface area (Å²) in [5.41, 5.74) is -0.310. The Bertz CT molecular complexity index is 760. The van der Waals surface area contributed by atoms with Crippen LogP contribution in [-0.4, -0.2) is 0 Å². The Morgan fingerprint density at radius 3 is 1.85 bits per heavy atom. The van der Waals surface area contributed by atoms with Crippen LogP contribution < -0.4 is 0 Å². The van der Waals surface area contributed by atoms with E-state index in [9.17, 15) is 22.0 Å². The molecule has 5 heteroatoms. The highest BCUT2D eigenvalue weighted by Crippen LogP contribution is 2.39. The molecule has 146 valence electrons. The molecular weight excluding hydrogens is 359 g/mol. The van der Waals surface area contributed by atoms with Crippen LogP contribution in [0.1, 0.15) is 63.4 Å². The van der Waals surface area contributed by atoms with E-state index in [0.29, 0.717) is 23.6 Å². The third-order valence-corrected chi connectivity index (χ3v) is 5.62. The normalized spacial score (nSPS) is 20.1. The van der Waals surface area contributed by atoms with Crippen molar-refractivity contribution in [2.24, 2.45) is 5.92 Å². The van der Waals surface area contributed by atoms with Gasteiger partial charge in [-0.2, -0.15) is 0 Å². The third-order valence-electron chi connectivity index (χ3n) is 5.62. The fourth-order valence-electron chi connectivity index (χ4n) is 4.08. The lowest BCUT2D eigenvalue weighted by atomic mass is 9.77. The van der Waals surface area contributed by atoms with Crippen molar-refractivity contribution in [2.75, 3.05) is 0 Å². The lowest BCUT2D eigenvalue weighted by Gasteiger charge is -2.29. The highest BCUT2D eigenvalue weighted by Gasteiger charge is 2.25. The van der Waals surface area contributed by atoms with Crippen molar-refractivity contribution in [3.63, 3.8) is 0 Å². The second-order valence-corrected chi connectivity index (χ2v) is 7.47. The van der Waals surface area contributed by atoms with Gasteiger partial charge in [0.05, 0.1) is 5.56 Å². The molecule has 0 aromatic heterocycles. The van der Waals surface area contributed by atoms with Crippen LogP contribution in [0.15, 0.2) is 24.3 Å². The van der Waals surface area contributed by atoms with Gasteiger partial charge in [-0.05, 0) is 72.9 Å². The topological polar surface area (TPSA) is 0 Å². The molecule has 0 heterocycles. The predicted molar refractivity (Wildman–Crippen MR) is 95.9 cm³/mol. The van der Waals surface area contributed by atoms with Crippen molar-refractivity contribution >= 4 is 0 Å². The molecule has 3 rings (SSSR count). The van der Waals surface area contributed by atoms with E-state index in [1.807, 2.05) is 0 Å². The van der Waals surface area contributed by atoms with Crippen molar-refractivity contribution in [3.05, 3.63) is 58.9 Å². The monoisotopic (exact) mass is 382 g/mol. The number of unbranched alkanes of at least 4 members (excludes halogenated alkanes) is 1. The molecule has 2 aromatic rings. The maximum Gasteiger partial charge on any atom is 0.194 e. The van der Waals surface area contributed by atoms with Crippen LogP contribution in [0.2, 0.25) is 0 Å². The molecule has 0 saturated heterocycles. The lowest BCUT2D eigenvalue weighted by molar-refractivity contribution is 0.303. The van der Waals surface area contributed by atoms with E-state index >= 15 is 0 Å². The number of rotatable bonds is 5. The molecule has 0 radical (unpaired) electrons. The Balaban J connectivity index is 1.82. The molecular formula is C22H23F5. The molecule has 1 aliphatic rings. The second-order valence-electron chi connectivity index (χ2n) is 7.47. The van der Waals surface area contributed by atoms with Crippen LogP contribution in [0.25, 0.3) is 11.1 Å². The minimum absolute atomic E-state index is 0.0858. The van der Waals surface area contributed by atoms with E-state index in [1.165, 1.54) is 31.4 Å². The van der Waals surface area contributed by atoms with Crippen molar-refractivity contribution in [2.45, 2.75) is 57.8 Å². The van der Waals surface area contributed by atoms with Gasteiger partial charge in [0.25, 0.3) is 0 Å². The summed E-state index contributed by atoms with van der Waals surface area (Å²) in [6.07, 6.45) is 7.43. The Hall–Kier alpha value is -1.91. The van der Waals surface area contributed by atoms with Crippen molar-refractivity contribution in [3.8, 4) is 11.1 Å². The minimum Gasteiger partial charge on any atom is -0.206 e. The summed E-state index contributed by atoms with van der Waals surface area (Å²) in [5, 5.41) is 0. The van der Waals surface area contributed by atoms with Gasteiger partial charge in [-0.15, -0.1) is 0 Å². The fraction of sp³-hybridized carbons (Fsp3) is 0.455. The quantitative estimate of drug-likeness (QED) is 0.371. The number of benzene rings is 2. The maximum absolute atomic E-state index is 14.6. The largest absolute Gasteiger partial charge is 0.206 e. The molecule has 0 amide bonds. The van der Waals surface area contributed by atoms with E-state index in [0.717, 1.165) is 25.7 Å². The van der Waals surface area contributed by atoms with Crippen LogP contribution in [0.3, 0.4) is 0 Å². The smallest absolute Gasteiger partial charge is 0.194 e. The molecule has 1 saturated carbocycles. The number of hydrogen-bond acceptors (Lipinski definition) is 0. The Kier molecular flexibility index (Phi) is 6.18. The first kappa shape index (κ1) is 19.8. The van der Waals surface area contributed by atoms with Crippen LogP contribution in [0, 0.1) is 35.0 Å². The molecule has 0 aliphatic heterocycles. The molecule has 0 atom stereocenters. The zero-order chi connectivity index (χ0) is 19.6. The molecule has 0 nitrogen and oxygen atoms in total. The molecule has 2 aromatic carbocycles.